The minimum Gasteiger partial charge on any atom is -0.332 e. The van der Waals surface area contributed by atoms with E-state index in [-0.39, 0.29) is 0 Å². The number of thiazole rings is 1. The average molecular weight is 276 g/mol. The lowest BCUT2D eigenvalue weighted by Crippen LogP contribution is -2.15. The number of rotatable bonds is 6. The van der Waals surface area contributed by atoms with E-state index in [9.17, 15) is 0 Å². The van der Waals surface area contributed by atoms with E-state index in [1.54, 1.807) is 11.3 Å². The SMILES string of the molecule is CCCc1nc(-c2cncn2C)sc1CNC1CC1. The van der Waals surface area contributed by atoms with Crippen molar-refractivity contribution in [3.05, 3.63) is 23.1 Å². The van der Waals surface area contributed by atoms with Crippen LogP contribution in [0.5, 0.6) is 0 Å². The van der Waals surface area contributed by atoms with Crippen LogP contribution in [-0.2, 0) is 20.0 Å². The highest BCUT2D eigenvalue weighted by molar-refractivity contribution is 7.15. The van der Waals surface area contributed by atoms with Crippen LogP contribution in [0.25, 0.3) is 10.7 Å². The number of aromatic nitrogens is 3. The van der Waals surface area contributed by atoms with Crippen LogP contribution >= 0.6 is 11.3 Å². The largest absolute Gasteiger partial charge is 0.332 e. The van der Waals surface area contributed by atoms with Crippen molar-refractivity contribution < 1.29 is 0 Å². The fourth-order valence-corrected chi connectivity index (χ4v) is 3.26. The zero-order chi connectivity index (χ0) is 13.2. The fourth-order valence-electron chi connectivity index (χ4n) is 2.15. The predicted molar refractivity (Wildman–Crippen MR) is 78.2 cm³/mol. The minimum atomic E-state index is 0.747. The van der Waals surface area contributed by atoms with Gasteiger partial charge in [-0.15, -0.1) is 11.3 Å². The van der Waals surface area contributed by atoms with E-state index < -0.39 is 0 Å². The Morgan fingerprint density at radius 3 is 2.95 bits per heavy atom. The molecule has 1 fully saturated rings. The van der Waals surface area contributed by atoms with Gasteiger partial charge in [0.05, 0.1) is 23.9 Å². The topological polar surface area (TPSA) is 42.7 Å². The molecule has 1 N–H and O–H groups in total. The van der Waals surface area contributed by atoms with Crippen molar-refractivity contribution in [2.75, 3.05) is 0 Å². The zero-order valence-corrected chi connectivity index (χ0v) is 12.3. The second kappa shape index (κ2) is 5.43. The molecule has 0 radical (unpaired) electrons. The highest BCUT2D eigenvalue weighted by atomic mass is 32.1. The lowest BCUT2D eigenvalue weighted by Gasteiger charge is -2.01. The van der Waals surface area contributed by atoms with Gasteiger partial charge < -0.3 is 9.88 Å². The molecule has 3 rings (SSSR count). The number of hydrogen-bond donors (Lipinski definition) is 1. The Hall–Kier alpha value is -1.20. The summed E-state index contributed by atoms with van der Waals surface area (Å²) in [6.07, 6.45) is 8.60. The van der Waals surface area contributed by atoms with Crippen molar-refractivity contribution in [2.45, 2.75) is 45.2 Å². The van der Waals surface area contributed by atoms with Crippen LogP contribution in [0.4, 0.5) is 0 Å². The molecule has 1 aliphatic carbocycles. The van der Waals surface area contributed by atoms with Crippen LogP contribution in [0, 0.1) is 0 Å². The molecule has 2 heterocycles. The van der Waals surface area contributed by atoms with Gasteiger partial charge >= 0.3 is 0 Å². The van der Waals surface area contributed by atoms with E-state index in [4.69, 9.17) is 4.98 Å². The highest BCUT2D eigenvalue weighted by Gasteiger charge is 2.22. The maximum Gasteiger partial charge on any atom is 0.142 e. The maximum atomic E-state index is 4.82. The molecule has 19 heavy (non-hydrogen) atoms. The van der Waals surface area contributed by atoms with Gasteiger partial charge in [-0.25, -0.2) is 9.97 Å². The average Bonchev–Trinajstić information content (AvgIpc) is 3.00. The van der Waals surface area contributed by atoms with Crippen molar-refractivity contribution in [1.82, 2.24) is 19.9 Å². The van der Waals surface area contributed by atoms with Gasteiger partial charge in [-0.2, -0.15) is 0 Å². The number of nitrogens with zero attached hydrogens (tertiary/aromatic N) is 3. The van der Waals surface area contributed by atoms with Gasteiger partial charge in [-0.05, 0) is 19.3 Å². The quantitative estimate of drug-likeness (QED) is 0.882. The molecule has 0 saturated heterocycles. The lowest BCUT2D eigenvalue weighted by atomic mass is 10.2. The van der Waals surface area contributed by atoms with Crippen LogP contribution in [0.1, 0.15) is 36.8 Å². The Bertz CT molecular complexity index is 554. The summed E-state index contributed by atoms with van der Waals surface area (Å²) in [5.74, 6) is 0. The highest BCUT2D eigenvalue weighted by Crippen LogP contribution is 2.29. The molecule has 102 valence electrons. The number of aryl methyl sites for hydroxylation is 2. The predicted octanol–water partition coefficient (Wildman–Crippen LogP) is 2.75. The molecular formula is C14H20N4S. The van der Waals surface area contributed by atoms with E-state index in [2.05, 4.69) is 17.2 Å². The van der Waals surface area contributed by atoms with Crippen LogP contribution in [0.3, 0.4) is 0 Å². The third-order valence-electron chi connectivity index (χ3n) is 3.43. The Balaban J connectivity index is 1.84. The van der Waals surface area contributed by atoms with Crippen LogP contribution in [0.2, 0.25) is 0 Å². The first-order valence-corrected chi connectivity index (χ1v) is 7.78. The first-order valence-electron chi connectivity index (χ1n) is 6.96. The van der Waals surface area contributed by atoms with Crippen LogP contribution in [0.15, 0.2) is 12.5 Å². The summed E-state index contributed by atoms with van der Waals surface area (Å²) < 4.78 is 2.03. The van der Waals surface area contributed by atoms with Gasteiger partial charge in [-0.3, -0.25) is 0 Å². The van der Waals surface area contributed by atoms with Crippen LogP contribution < -0.4 is 5.32 Å². The van der Waals surface area contributed by atoms with Gasteiger partial charge in [0, 0.05) is 24.5 Å². The zero-order valence-electron chi connectivity index (χ0n) is 11.5. The molecule has 2 aromatic rings. The third kappa shape index (κ3) is 2.87. The van der Waals surface area contributed by atoms with Gasteiger partial charge in [-0.1, -0.05) is 13.3 Å². The molecule has 5 heteroatoms. The molecule has 0 spiro atoms. The third-order valence-corrected chi connectivity index (χ3v) is 4.55. The van der Waals surface area contributed by atoms with Gasteiger partial charge in [0.1, 0.15) is 5.01 Å². The molecular weight excluding hydrogens is 256 g/mol. The van der Waals surface area contributed by atoms with Crippen molar-refractivity contribution in [1.29, 1.82) is 0 Å². The van der Waals surface area contributed by atoms with Crippen molar-refractivity contribution in [3.63, 3.8) is 0 Å². The molecule has 4 nitrogen and oxygen atoms in total. The van der Waals surface area contributed by atoms with E-state index in [1.807, 2.05) is 24.1 Å². The van der Waals surface area contributed by atoms with Crippen molar-refractivity contribution >= 4 is 11.3 Å². The summed E-state index contributed by atoms with van der Waals surface area (Å²) >= 11 is 1.81. The number of imidazole rings is 1. The van der Waals surface area contributed by atoms with E-state index in [0.29, 0.717) is 0 Å². The summed E-state index contributed by atoms with van der Waals surface area (Å²) in [6.45, 7) is 3.18. The second-order valence-corrected chi connectivity index (χ2v) is 6.27. The van der Waals surface area contributed by atoms with Gasteiger partial charge in [0.2, 0.25) is 0 Å². The molecule has 1 aliphatic rings. The standard InChI is InChI=1S/C14H20N4S/c1-3-4-11-13(8-16-10-5-6-10)19-14(17-11)12-7-15-9-18(12)2/h7,9-10,16H,3-6,8H2,1-2H3. The minimum absolute atomic E-state index is 0.747. The lowest BCUT2D eigenvalue weighted by molar-refractivity contribution is 0.686. The Kier molecular flexibility index (Phi) is 3.66. The van der Waals surface area contributed by atoms with E-state index in [0.717, 1.165) is 36.1 Å². The summed E-state index contributed by atoms with van der Waals surface area (Å²) in [5, 5.41) is 4.69. The maximum absolute atomic E-state index is 4.82. The molecule has 0 amide bonds. The van der Waals surface area contributed by atoms with Gasteiger partial charge in [0.25, 0.3) is 0 Å². The summed E-state index contributed by atoms with van der Waals surface area (Å²) in [4.78, 5) is 10.4. The van der Waals surface area contributed by atoms with E-state index in [1.165, 1.54) is 23.4 Å². The summed E-state index contributed by atoms with van der Waals surface area (Å²) in [6, 6.07) is 0.747. The van der Waals surface area contributed by atoms with Gasteiger partial charge in [0.15, 0.2) is 0 Å². The molecule has 0 atom stereocenters. The fraction of sp³-hybridized carbons (Fsp3) is 0.571. The number of nitrogens with one attached hydrogen (secondary N) is 1. The monoisotopic (exact) mass is 276 g/mol. The first kappa shape index (κ1) is 12.8. The summed E-state index contributed by atoms with van der Waals surface area (Å²) in [7, 11) is 2.02. The Labute approximate surface area is 117 Å². The first-order chi connectivity index (χ1) is 9.28. The Morgan fingerprint density at radius 2 is 2.32 bits per heavy atom. The second-order valence-electron chi connectivity index (χ2n) is 5.18. The molecule has 0 bridgehead atoms. The van der Waals surface area contributed by atoms with Crippen LogP contribution in [-0.4, -0.2) is 20.6 Å². The number of hydrogen-bond acceptors (Lipinski definition) is 4. The smallest absolute Gasteiger partial charge is 0.142 e. The molecule has 2 aromatic heterocycles. The normalized spacial score (nSPS) is 15.1. The van der Waals surface area contributed by atoms with Crippen molar-refractivity contribution in [2.24, 2.45) is 7.05 Å². The molecule has 0 aromatic carbocycles. The Morgan fingerprint density at radius 1 is 1.47 bits per heavy atom. The van der Waals surface area contributed by atoms with Crippen molar-refractivity contribution in [3.8, 4) is 10.7 Å². The summed E-state index contributed by atoms with van der Waals surface area (Å²) in [5.41, 5.74) is 2.37. The van der Waals surface area contributed by atoms with E-state index >= 15 is 0 Å². The molecule has 1 saturated carbocycles. The molecule has 0 aliphatic heterocycles. The molecule has 0 unspecified atom stereocenters.